The topological polar surface area (TPSA) is 81.4 Å². The third kappa shape index (κ3) is 4.08. The second-order valence-corrected chi connectivity index (χ2v) is 6.39. The van der Waals surface area contributed by atoms with E-state index in [0.29, 0.717) is 17.5 Å². The van der Waals surface area contributed by atoms with Crippen LogP contribution in [0.15, 0.2) is 35.5 Å². The van der Waals surface area contributed by atoms with Crippen molar-refractivity contribution in [2.24, 2.45) is 0 Å². The summed E-state index contributed by atoms with van der Waals surface area (Å²) in [6.07, 6.45) is 0. The number of amides is 1. The molecule has 2 heterocycles. The number of hydrogen-bond donors (Lipinski definition) is 1. The average Bonchev–Trinajstić information content (AvgIpc) is 2.98. The fourth-order valence-corrected chi connectivity index (χ4v) is 3.21. The molecule has 7 nitrogen and oxygen atoms in total. The van der Waals surface area contributed by atoms with Crippen LogP contribution in [0, 0.1) is 13.8 Å². The van der Waals surface area contributed by atoms with Crippen molar-refractivity contribution in [3.05, 3.63) is 41.7 Å². The zero-order chi connectivity index (χ0) is 17.8. The number of anilines is 1. The Hall–Kier alpha value is -2.61. The first-order valence-electron chi connectivity index (χ1n) is 7.91. The fraction of sp³-hybridized carbons (Fsp3) is 0.294. The van der Waals surface area contributed by atoms with Gasteiger partial charge in [-0.2, -0.15) is 0 Å². The van der Waals surface area contributed by atoms with Crippen molar-refractivity contribution in [1.29, 1.82) is 0 Å². The summed E-state index contributed by atoms with van der Waals surface area (Å²) >= 11 is 1.33. The van der Waals surface area contributed by atoms with E-state index in [4.69, 9.17) is 4.74 Å². The Morgan fingerprint density at radius 2 is 2.00 bits per heavy atom. The van der Waals surface area contributed by atoms with Crippen molar-refractivity contribution in [2.45, 2.75) is 25.9 Å². The third-order valence-corrected chi connectivity index (χ3v) is 4.37. The largest absolute Gasteiger partial charge is 0.494 e. The molecule has 0 spiro atoms. The van der Waals surface area contributed by atoms with Crippen LogP contribution in [0.1, 0.15) is 18.3 Å². The highest BCUT2D eigenvalue weighted by atomic mass is 32.2. The molecule has 25 heavy (non-hydrogen) atoms. The Kier molecular flexibility index (Phi) is 5.18. The molecule has 1 N–H and O–H groups in total. The van der Waals surface area contributed by atoms with E-state index >= 15 is 0 Å². The highest BCUT2D eigenvalue weighted by Crippen LogP contribution is 2.20. The van der Waals surface area contributed by atoms with Crippen molar-refractivity contribution in [3.63, 3.8) is 0 Å². The average molecular weight is 357 g/mol. The Morgan fingerprint density at radius 3 is 2.72 bits per heavy atom. The highest BCUT2D eigenvalue weighted by Gasteiger charge is 2.12. The van der Waals surface area contributed by atoms with Crippen molar-refractivity contribution in [1.82, 2.24) is 19.6 Å². The monoisotopic (exact) mass is 357 g/mol. The summed E-state index contributed by atoms with van der Waals surface area (Å²) < 4.78 is 7.23. The van der Waals surface area contributed by atoms with Gasteiger partial charge in [0.05, 0.1) is 12.4 Å². The van der Waals surface area contributed by atoms with Gasteiger partial charge in [0.1, 0.15) is 5.75 Å². The molecular weight excluding hydrogens is 338 g/mol. The number of nitrogens with zero attached hydrogens (tertiary/aromatic N) is 4. The first-order chi connectivity index (χ1) is 12.1. The van der Waals surface area contributed by atoms with E-state index in [0.717, 1.165) is 22.8 Å². The smallest absolute Gasteiger partial charge is 0.256 e. The minimum absolute atomic E-state index is 0.108. The lowest BCUT2D eigenvalue weighted by molar-refractivity contribution is -0.113. The number of thioether (sulfide) groups is 1. The number of ether oxygens (including phenoxy) is 1. The molecule has 3 rings (SSSR count). The third-order valence-electron chi connectivity index (χ3n) is 3.44. The van der Waals surface area contributed by atoms with Crippen LogP contribution in [0.25, 0.3) is 5.78 Å². The van der Waals surface area contributed by atoms with Crippen molar-refractivity contribution < 1.29 is 9.53 Å². The molecule has 0 saturated heterocycles. The molecule has 0 atom stereocenters. The van der Waals surface area contributed by atoms with Crippen LogP contribution < -0.4 is 10.1 Å². The molecule has 1 aromatic carbocycles. The minimum Gasteiger partial charge on any atom is -0.494 e. The molecule has 2 aromatic heterocycles. The number of benzene rings is 1. The fourth-order valence-electron chi connectivity index (χ4n) is 2.42. The van der Waals surface area contributed by atoms with Gasteiger partial charge in [-0.1, -0.05) is 11.8 Å². The second-order valence-electron chi connectivity index (χ2n) is 5.45. The molecule has 0 aliphatic carbocycles. The maximum atomic E-state index is 12.2. The first-order valence-corrected chi connectivity index (χ1v) is 8.90. The van der Waals surface area contributed by atoms with Crippen LogP contribution in [-0.2, 0) is 4.79 Å². The lowest BCUT2D eigenvalue weighted by Crippen LogP contribution is -2.14. The molecule has 0 aliphatic rings. The number of aryl methyl sites for hydroxylation is 2. The maximum Gasteiger partial charge on any atom is 0.256 e. The number of fused-ring (bicyclic) bond motifs is 1. The van der Waals surface area contributed by atoms with E-state index in [-0.39, 0.29) is 11.7 Å². The van der Waals surface area contributed by atoms with E-state index in [2.05, 4.69) is 20.5 Å². The molecule has 0 saturated carbocycles. The zero-order valence-electron chi connectivity index (χ0n) is 14.3. The molecule has 0 unspecified atom stereocenters. The standard InChI is InChI=1S/C17H19N5O2S/c1-4-24-14-7-5-13(6-8-14)19-15(23)10-25-17-21-20-16-18-11(2)9-12(3)22(16)17/h5-9H,4,10H2,1-3H3,(H,19,23). The predicted molar refractivity (Wildman–Crippen MR) is 97.2 cm³/mol. The van der Waals surface area contributed by atoms with Crippen LogP contribution in [0.3, 0.4) is 0 Å². The summed E-state index contributed by atoms with van der Waals surface area (Å²) in [6.45, 7) is 6.43. The Morgan fingerprint density at radius 1 is 1.24 bits per heavy atom. The highest BCUT2D eigenvalue weighted by molar-refractivity contribution is 7.99. The summed E-state index contributed by atoms with van der Waals surface area (Å²) in [4.78, 5) is 16.5. The molecule has 0 bridgehead atoms. The normalized spacial score (nSPS) is 10.8. The van der Waals surface area contributed by atoms with E-state index in [1.165, 1.54) is 11.8 Å². The van der Waals surface area contributed by atoms with Crippen LogP contribution in [0.2, 0.25) is 0 Å². The van der Waals surface area contributed by atoms with Crippen LogP contribution in [0.4, 0.5) is 5.69 Å². The maximum absolute atomic E-state index is 12.2. The summed E-state index contributed by atoms with van der Waals surface area (Å²) in [6, 6.07) is 9.25. The SMILES string of the molecule is CCOc1ccc(NC(=O)CSc2nnc3nc(C)cc(C)n23)cc1. The second kappa shape index (κ2) is 7.52. The minimum atomic E-state index is -0.108. The molecule has 1 amide bonds. The summed E-state index contributed by atoms with van der Waals surface area (Å²) in [7, 11) is 0. The van der Waals surface area contributed by atoms with Crippen molar-refractivity contribution in [3.8, 4) is 5.75 Å². The van der Waals surface area contributed by atoms with Gasteiger partial charge in [0.25, 0.3) is 5.78 Å². The van der Waals surface area contributed by atoms with Gasteiger partial charge in [-0.15, -0.1) is 10.2 Å². The Labute approximate surface area is 149 Å². The van der Waals surface area contributed by atoms with Gasteiger partial charge in [0.2, 0.25) is 5.91 Å². The van der Waals surface area contributed by atoms with Gasteiger partial charge in [0, 0.05) is 17.1 Å². The molecular formula is C17H19N5O2S. The van der Waals surface area contributed by atoms with Crippen LogP contribution >= 0.6 is 11.8 Å². The number of hydrogen-bond acceptors (Lipinski definition) is 6. The lowest BCUT2D eigenvalue weighted by atomic mass is 10.3. The van der Waals surface area contributed by atoms with Gasteiger partial charge >= 0.3 is 0 Å². The summed E-state index contributed by atoms with van der Waals surface area (Å²) in [5, 5.41) is 11.7. The molecule has 0 aliphatic heterocycles. The van der Waals surface area contributed by atoms with Crippen LogP contribution in [0.5, 0.6) is 5.75 Å². The lowest BCUT2D eigenvalue weighted by Gasteiger charge is -2.07. The van der Waals surface area contributed by atoms with E-state index < -0.39 is 0 Å². The first kappa shape index (κ1) is 17.2. The Bertz CT molecular complexity index is 892. The van der Waals surface area contributed by atoms with E-state index in [1.54, 1.807) is 0 Å². The number of aromatic nitrogens is 4. The number of nitrogens with one attached hydrogen (secondary N) is 1. The van der Waals surface area contributed by atoms with Gasteiger partial charge in [0.15, 0.2) is 5.16 Å². The van der Waals surface area contributed by atoms with Gasteiger partial charge < -0.3 is 10.1 Å². The number of carbonyl (C=O) groups excluding carboxylic acids is 1. The molecule has 0 fully saturated rings. The van der Waals surface area contributed by atoms with Gasteiger partial charge in [-0.3, -0.25) is 9.20 Å². The Balaban J connectivity index is 1.62. The molecule has 0 radical (unpaired) electrons. The van der Waals surface area contributed by atoms with Crippen molar-refractivity contribution in [2.75, 3.05) is 17.7 Å². The number of rotatable bonds is 6. The van der Waals surface area contributed by atoms with Crippen molar-refractivity contribution >= 4 is 29.1 Å². The summed E-state index contributed by atoms with van der Waals surface area (Å²) in [5.41, 5.74) is 2.61. The molecule has 8 heteroatoms. The molecule has 3 aromatic rings. The molecule has 130 valence electrons. The quantitative estimate of drug-likeness (QED) is 0.683. The van der Waals surface area contributed by atoms with Gasteiger partial charge in [-0.05, 0) is 51.1 Å². The van der Waals surface area contributed by atoms with E-state index in [1.807, 2.05) is 55.5 Å². The zero-order valence-corrected chi connectivity index (χ0v) is 15.1. The van der Waals surface area contributed by atoms with Crippen LogP contribution in [-0.4, -0.2) is 37.8 Å². The van der Waals surface area contributed by atoms with Gasteiger partial charge in [-0.25, -0.2) is 4.98 Å². The summed E-state index contributed by atoms with van der Waals surface area (Å²) in [5.74, 6) is 1.46. The predicted octanol–water partition coefficient (Wildman–Crippen LogP) is 2.87. The van der Waals surface area contributed by atoms with E-state index in [9.17, 15) is 4.79 Å². The number of carbonyl (C=O) groups is 1.